The van der Waals surface area contributed by atoms with Gasteiger partial charge in [0.2, 0.25) is 5.95 Å². The Hall–Kier alpha value is -3.16. The number of aryl methyl sites for hydroxylation is 2. The van der Waals surface area contributed by atoms with Gasteiger partial charge in [-0.25, -0.2) is 9.97 Å². The third kappa shape index (κ3) is 2.83. The third-order valence-electron chi connectivity index (χ3n) is 4.45. The summed E-state index contributed by atoms with van der Waals surface area (Å²) in [5, 5.41) is 10.3. The van der Waals surface area contributed by atoms with E-state index in [-0.39, 0.29) is 11.4 Å². The molecular formula is C18H21N7O. The molecule has 8 nitrogen and oxygen atoms in total. The molecule has 0 atom stereocenters. The maximum absolute atomic E-state index is 12.4. The molecule has 4 rings (SSSR count). The van der Waals surface area contributed by atoms with Crippen LogP contribution in [0.2, 0.25) is 0 Å². The standard InChI is InChI=1S/C18H21N7O/c1-11-8-19-17(21-14-5-6-20-24(14)4)22-15(11)12-7-13-16(26)23-18(2,3)10-25(13)9-12/h5-9H,10H2,1-4H3,(H,23,26)(H,19,21,22). The molecule has 3 aromatic heterocycles. The maximum Gasteiger partial charge on any atom is 0.268 e. The highest BCUT2D eigenvalue weighted by atomic mass is 16.2. The third-order valence-corrected chi connectivity index (χ3v) is 4.45. The van der Waals surface area contributed by atoms with Crippen molar-refractivity contribution in [2.45, 2.75) is 32.9 Å². The smallest absolute Gasteiger partial charge is 0.268 e. The molecule has 1 aliphatic heterocycles. The molecule has 0 bridgehead atoms. The summed E-state index contributed by atoms with van der Waals surface area (Å²) in [6.07, 6.45) is 5.47. The molecule has 1 amide bonds. The summed E-state index contributed by atoms with van der Waals surface area (Å²) in [5.74, 6) is 1.23. The van der Waals surface area contributed by atoms with Crippen LogP contribution >= 0.6 is 0 Å². The van der Waals surface area contributed by atoms with E-state index in [4.69, 9.17) is 0 Å². The molecule has 1 aliphatic rings. The average Bonchev–Trinajstić information content (AvgIpc) is 3.15. The van der Waals surface area contributed by atoms with Crippen molar-refractivity contribution in [2.75, 3.05) is 5.32 Å². The first kappa shape index (κ1) is 16.3. The molecule has 0 aromatic carbocycles. The Labute approximate surface area is 151 Å². The highest BCUT2D eigenvalue weighted by Gasteiger charge is 2.30. The lowest BCUT2D eigenvalue weighted by molar-refractivity contribution is 0.0862. The van der Waals surface area contributed by atoms with E-state index in [2.05, 4.69) is 25.7 Å². The highest BCUT2D eigenvalue weighted by Crippen LogP contribution is 2.28. The lowest BCUT2D eigenvalue weighted by Gasteiger charge is -2.32. The number of carbonyl (C=O) groups excluding carboxylic acids is 1. The molecule has 0 radical (unpaired) electrons. The molecule has 2 N–H and O–H groups in total. The minimum atomic E-state index is -0.270. The van der Waals surface area contributed by atoms with Crippen LogP contribution < -0.4 is 10.6 Å². The van der Waals surface area contributed by atoms with Gasteiger partial charge in [0.05, 0.1) is 17.4 Å². The second-order valence-corrected chi connectivity index (χ2v) is 7.27. The van der Waals surface area contributed by atoms with Gasteiger partial charge in [-0.2, -0.15) is 5.10 Å². The topological polar surface area (TPSA) is 89.7 Å². The van der Waals surface area contributed by atoms with Crippen molar-refractivity contribution in [3.63, 3.8) is 0 Å². The van der Waals surface area contributed by atoms with Crippen LogP contribution in [-0.4, -0.2) is 35.8 Å². The molecule has 0 saturated carbocycles. The summed E-state index contributed by atoms with van der Waals surface area (Å²) in [6.45, 7) is 6.71. The molecule has 0 fully saturated rings. The Bertz CT molecular complexity index is 999. The quantitative estimate of drug-likeness (QED) is 0.755. The van der Waals surface area contributed by atoms with Crippen LogP contribution in [0.1, 0.15) is 29.9 Å². The largest absolute Gasteiger partial charge is 0.344 e. The fourth-order valence-corrected chi connectivity index (χ4v) is 3.20. The lowest BCUT2D eigenvalue weighted by atomic mass is 10.0. The summed E-state index contributed by atoms with van der Waals surface area (Å²) < 4.78 is 3.70. The number of fused-ring (bicyclic) bond motifs is 1. The molecule has 0 aliphatic carbocycles. The summed E-state index contributed by atoms with van der Waals surface area (Å²) in [7, 11) is 1.85. The molecule has 3 aromatic rings. The molecule has 0 saturated heterocycles. The molecule has 26 heavy (non-hydrogen) atoms. The van der Waals surface area contributed by atoms with Crippen LogP contribution in [-0.2, 0) is 13.6 Å². The lowest BCUT2D eigenvalue weighted by Crippen LogP contribution is -2.51. The van der Waals surface area contributed by atoms with Crippen molar-refractivity contribution in [1.29, 1.82) is 0 Å². The van der Waals surface area contributed by atoms with Crippen LogP contribution in [0, 0.1) is 6.92 Å². The average molecular weight is 351 g/mol. The fraction of sp³-hybridized carbons (Fsp3) is 0.333. The number of aromatic nitrogens is 5. The van der Waals surface area contributed by atoms with E-state index < -0.39 is 0 Å². The first-order valence-corrected chi connectivity index (χ1v) is 8.44. The Morgan fingerprint density at radius 1 is 1.35 bits per heavy atom. The van der Waals surface area contributed by atoms with Gasteiger partial charge < -0.3 is 15.2 Å². The van der Waals surface area contributed by atoms with Crippen molar-refractivity contribution in [3.8, 4) is 11.3 Å². The highest BCUT2D eigenvalue weighted by molar-refractivity contribution is 5.95. The van der Waals surface area contributed by atoms with E-state index in [1.54, 1.807) is 17.1 Å². The first-order chi connectivity index (χ1) is 12.3. The molecular weight excluding hydrogens is 330 g/mol. The van der Waals surface area contributed by atoms with E-state index in [0.717, 1.165) is 29.2 Å². The summed E-state index contributed by atoms with van der Waals surface area (Å²) in [6, 6.07) is 3.74. The van der Waals surface area contributed by atoms with E-state index in [9.17, 15) is 4.79 Å². The van der Waals surface area contributed by atoms with Crippen molar-refractivity contribution in [3.05, 3.63) is 42.0 Å². The number of carbonyl (C=O) groups is 1. The SMILES string of the molecule is Cc1cnc(Nc2ccnn2C)nc1-c1cc2n(c1)CC(C)(C)NC2=O. The molecule has 0 unspecified atom stereocenters. The van der Waals surface area contributed by atoms with Crippen molar-refractivity contribution >= 4 is 17.7 Å². The molecule has 4 heterocycles. The van der Waals surface area contributed by atoms with Gasteiger partial charge in [0.15, 0.2) is 0 Å². The van der Waals surface area contributed by atoms with Gasteiger partial charge in [0.1, 0.15) is 11.5 Å². The van der Waals surface area contributed by atoms with Gasteiger partial charge >= 0.3 is 0 Å². The van der Waals surface area contributed by atoms with E-state index in [1.807, 2.05) is 50.7 Å². The normalized spacial score (nSPS) is 15.5. The number of nitrogens with one attached hydrogen (secondary N) is 2. The van der Waals surface area contributed by atoms with Crippen molar-refractivity contribution in [1.82, 2.24) is 29.6 Å². The van der Waals surface area contributed by atoms with Crippen LogP contribution in [0.5, 0.6) is 0 Å². The minimum Gasteiger partial charge on any atom is -0.344 e. The van der Waals surface area contributed by atoms with E-state index in [0.29, 0.717) is 11.6 Å². The number of nitrogens with zero attached hydrogens (tertiary/aromatic N) is 5. The maximum atomic E-state index is 12.4. The van der Waals surface area contributed by atoms with Gasteiger partial charge in [-0.3, -0.25) is 9.48 Å². The summed E-state index contributed by atoms with van der Waals surface area (Å²) in [5.41, 5.74) is 3.03. The Morgan fingerprint density at radius 2 is 2.15 bits per heavy atom. The Kier molecular flexibility index (Phi) is 3.57. The van der Waals surface area contributed by atoms with Crippen molar-refractivity contribution < 1.29 is 4.79 Å². The van der Waals surface area contributed by atoms with Gasteiger partial charge in [0, 0.05) is 37.6 Å². The summed E-state index contributed by atoms with van der Waals surface area (Å²) in [4.78, 5) is 21.4. The predicted molar refractivity (Wildman–Crippen MR) is 98.2 cm³/mol. The molecule has 8 heteroatoms. The number of hydrogen-bond acceptors (Lipinski definition) is 5. The van der Waals surface area contributed by atoms with Crippen LogP contribution in [0.4, 0.5) is 11.8 Å². The second kappa shape index (κ2) is 5.69. The number of anilines is 2. The van der Waals surface area contributed by atoms with Crippen molar-refractivity contribution in [2.24, 2.45) is 7.05 Å². The van der Waals surface area contributed by atoms with Crippen LogP contribution in [0.25, 0.3) is 11.3 Å². The van der Waals surface area contributed by atoms with Gasteiger partial charge in [0.25, 0.3) is 5.91 Å². The van der Waals surface area contributed by atoms with Crippen LogP contribution in [0.3, 0.4) is 0 Å². The number of amides is 1. The van der Waals surface area contributed by atoms with Gasteiger partial charge in [-0.05, 0) is 32.4 Å². The zero-order valence-electron chi connectivity index (χ0n) is 15.2. The van der Waals surface area contributed by atoms with Crippen LogP contribution in [0.15, 0.2) is 30.7 Å². The molecule has 134 valence electrons. The fourth-order valence-electron chi connectivity index (χ4n) is 3.20. The van der Waals surface area contributed by atoms with E-state index in [1.165, 1.54) is 0 Å². The predicted octanol–water partition coefficient (Wildman–Crippen LogP) is 2.25. The number of rotatable bonds is 3. The van der Waals surface area contributed by atoms with E-state index >= 15 is 0 Å². The summed E-state index contributed by atoms with van der Waals surface area (Å²) >= 11 is 0. The first-order valence-electron chi connectivity index (χ1n) is 8.44. The number of hydrogen-bond donors (Lipinski definition) is 2. The molecule has 0 spiro atoms. The zero-order chi connectivity index (χ0) is 18.5. The Balaban J connectivity index is 1.71. The van der Waals surface area contributed by atoms with Gasteiger partial charge in [-0.1, -0.05) is 0 Å². The zero-order valence-corrected chi connectivity index (χ0v) is 15.2. The monoisotopic (exact) mass is 351 g/mol. The minimum absolute atomic E-state index is 0.0626. The second-order valence-electron chi connectivity index (χ2n) is 7.27. The van der Waals surface area contributed by atoms with Gasteiger partial charge in [-0.15, -0.1) is 0 Å². The Morgan fingerprint density at radius 3 is 2.88 bits per heavy atom.